The van der Waals surface area contributed by atoms with Gasteiger partial charge in [0, 0.05) is 51.0 Å². The molecule has 1 atom stereocenters. The minimum absolute atomic E-state index is 0.0351. The van der Waals surface area contributed by atoms with E-state index in [2.05, 4.69) is 20.4 Å². The van der Waals surface area contributed by atoms with Crippen LogP contribution in [0, 0.1) is 5.82 Å². The first-order chi connectivity index (χ1) is 22.7. The molecule has 7 rings (SSSR count). The minimum atomic E-state index is -1.03. The molecule has 3 aliphatic rings. The van der Waals surface area contributed by atoms with Crippen molar-refractivity contribution in [3.8, 4) is 0 Å². The van der Waals surface area contributed by atoms with E-state index in [1.807, 2.05) is 6.07 Å². The van der Waals surface area contributed by atoms with Gasteiger partial charge in [-0.2, -0.15) is 5.10 Å². The number of piperazine rings is 1. The molecule has 0 radical (unpaired) electrons. The van der Waals surface area contributed by atoms with Crippen molar-refractivity contribution in [3.63, 3.8) is 0 Å². The van der Waals surface area contributed by atoms with Gasteiger partial charge in [-0.1, -0.05) is 30.3 Å². The molecule has 13 heteroatoms. The molecular formula is C34H29FN6O6. The van der Waals surface area contributed by atoms with E-state index in [1.54, 1.807) is 47.4 Å². The SMILES string of the molecule is O=C1CCC(N2C(=O)c3ccc(CN4CCN(C(=O)c5cc(Cc6n[nH]c(=O)c7ccccc67)ccc5F)CC4)cc3C2=O)C(=O)N1. The second-order valence-corrected chi connectivity index (χ2v) is 11.9. The number of halogens is 1. The maximum atomic E-state index is 14.9. The van der Waals surface area contributed by atoms with E-state index in [0.29, 0.717) is 61.2 Å². The Kier molecular flexibility index (Phi) is 7.68. The summed E-state index contributed by atoms with van der Waals surface area (Å²) in [5.41, 5.74) is 2.18. The van der Waals surface area contributed by atoms with Crippen molar-refractivity contribution < 1.29 is 28.4 Å². The van der Waals surface area contributed by atoms with Crippen molar-refractivity contribution in [2.45, 2.75) is 31.8 Å². The molecule has 0 saturated carbocycles. The highest BCUT2D eigenvalue weighted by molar-refractivity contribution is 6.23. The molecule has 2 saturated heterocycles. The summed E-state index contributed by atoms with van der Waals surface area (Å²) in [5, 5.41) is 10.1. The molecule has 3 aliphatic heterocycles. The Morgan fingerprint density at radius 2 is 1.57 bits per heavy atom. The Bertz CT molecular complexity index is 2050. The number of hydrogen-bond acceptors (Lipinski definition) is 8. The summed E-state index contributed by atoms with van der Waals surface area (Å²) in [4.78, 5) is 80.3. The molecule has 3 aromatic carbocycles. The Balaban J connectivity index is 0.998. The fourth-order valence-electron chi connectivity index (χ4n) is 6.50. The van der Waals surface area contributed by atoms with Crippen LogP contribution in [0.5, 0.6) is 0 Å². The maximum absolute atomic E-state index is 14.9. The van der Waals surface area contributed by atoms with Gasteiger partial charge < -0.3 is 4.90 Å². The highest BCUT2D eigenvalue weighted by Crippen LogP contribution is 2.29. The van der Waals surface area contributed by atoms with Crippen LogP contribution in [0.3, 0.4) is 0 Å². The number of rotatable bonds is 6. The number of nitrogens with one attached hydrogen (secondary N) is 2. The smallest absolute Gasteiger partial charge is 0.272 e. The molecule has 238 valence electrons. The van der Waals surface area contributed by atoms with E-state index in [9.17, 15) is 33.2 Å². The van der Waals surface area contributed by atoms with Crippen molar-refractivity contribution in [2.75, 3.05) is 26.2 Å². The molecule has 5 amide bonds. The van der Waals surface area contributed by atoms with E-state index in [1.165, 1.54) is 12.1 Å². The van der Waals surface area contributed by atoms with Gasteiger partial charge in [-0.25, -0.2) is 9.49 Å². The highest BCUT2D eigenvalue weighted by Gasteiger charge is 2.44. The monoisotopic (exact) mass is 636 g/mol. The number of hydrogen-bond donors (Lipinski definition) is 2. The third-order valence-corrected chi connectivity index (χ3v) is 8.98. The Morgan fingerprint density at radius 1 is 0.851 bits per heavy atom. The summed E-state index contributed by atoms with van der Waals surface area (Å²) < 4.78 is 14.9. The van der Waals surface area contributed by atoms with Crippen molar-refractivity contribution >= 4 is 40.3 Å². The number of carbonyl (C=O) groups excluding carboxylic acids is 5. The number of imide groups is 2. The Labute approximate surface area is 267 Å². The molecule has 0 spiro atoms. The van der Waals surface area contributed by atoms with Gasteiger partial charge in [-0.3, -0.25) is 43.9 Å². The lowest BCUT2D eigenvalue weighted by atomic mass is 10.0. The molecule has 0 bridgehead atoms. The first kappa shape index (κ1) is 30.1. The zero-order valence-corrected chi connectivity index (χ0v) is 25.1. The Morgan fingerprint density at radius 3 is 2.34 bits per heavy atom. The number of nitrogens with zero attached hydrogens (tertiary/aromatic N) is 4. The van der Waals surface area contributed by atoms with Gasteiger partial charge in [-0.15, -0.1) is 0 Å². The van der Waals surface area contributed by atoms with E-state index in [0.717, 1.165) is 10.5 Å². The number of fused-ring (bicyclic) bond motifs is 2. The molecule has 0 aliphatic carbocycles. The molecule has 4 heterocycles. The third kappa shape index (κ3) is 5.58. The number of H-pyrrole nitrogens is 1. The van der Waals surface area contributed by atoms with Crippen LogP contribution < -0.4 is 10.9 Å². The van der Waals surface area contributed by atoms with Gasteiger partial charge in [0.15, 0.2) is 0 Å². The first-order valence-electron chi connectivity index (χ1n) is 15.3. The van der Waals surface area contributed by atoms with Crippen LogP contribution in [0.15, 0.2) is 65.5 Å². The van der Waals surface area contributed by atoms with Crippen LogP contribution in [-0.2, 0) is 22.6 Å². The van der Waals surface area contributed by atoms with Crippen LogP contribution >= 0.6 is 0 Å². The van der Waals surface area contributed by atoms with Gasteiger partial charge in [0.25, 0.3) is 23.3 Å². The molecule has 12 nitrogen and oxygen atoms in total. The topological polar surface area (TPSA) is 153 Å². The van der Waals surface area contributed by atoms with E-state index in [4.69, 9.17) is 0 Å². The zero-order valence-electron chi connectivity index (χ0n) is 25.1. The van der Waals surface area contributed by atoms with Crippen molar-refractivity contribution in [2.24, 2.45) is 0 Å². The fraction of sp³-hybridized carbons (Fsp3) is 0.265. The lowest BCUT2D eigenvalue weighted by molar-refractivity contribution is -0.136. The second-order valence-electron chi connectivity index (χ2n) is 11.9. The minimum Gasteiger partial charge on any atom is -0.336 e. The quantitative estimate of drug-likeness (QED) is 0.305. The Hall–Kier alpha value is -5.56. The number of carbonyl (C=O) groups is 5. The van der Waals surface area contributed by atoms with Crippen molar-refractivity contribution in [1.82, 2.24) is 30.2 Å². The normalized spacial score (nSPS) is 18.5. The van der Waals surface area contributed by atoms with Crippen LogP contribution in [0.1, 0.15) is 60.7 Å². The number of amides is 5. The summed E-state index contributed by atoms with van der Waals surface area (Å²) in [5.74, 6) is -3.25. The summed E-state index contributed by atoms with van der Waals surface area (Å²) in [6, 6.07) is 15.5. The van der Waals surface area contributed by atoms with Crippen LogP contribution in [0.25, 0.3) is 10.8 Å². The van der Waals surface area contributed by atoms with Crippen molar-refractivity contribution in [1.29, 1.82) is 0 Å². The summed E-state index contributed by atoms with van der Waals surface area (Å²) >= 11 is 0. The predicted octanol–water partition coefficient (Wildman–Crippen LogP) is 2.01. The molecule has 1 unspecified atom stereocenters. The van der Waals surface area contributed by atoms with Crippen molar-refractivity contribution in [3.05, 3.63) is 110 Å². The van der Waals surface area contributed by atoms with Crippen LogP contribution in [0.4, 0.5) is 4.39 Å². The lowest BCUT2D eigenvalue weighted by Crippen LogP contribution is -2.54. The van der Waals surface area contributed by atoms with E-state index < -0.39 is 41.4 Å². The van der Waals surface area contributed by atoms with Gasteiger partial charge in [-0.05, 0) is 47.9 Å². The molecule has 2 fully saturated rings. The highest BCUT2D eigenvalue weighted by atomic mass is 19.1. The lowest BCUT2D eigenvalue weighted by Gasteiger charge is -2.35. The standard InChI is InChI=1S/C34H29FN6O6/c35-26-8-6-19(17-27-21-3-1-2-4-22(21)30(43)38-37-27)15-25(26)32(45)40-13-11-39(12-14-40)18-20-5-7-23-24(16-20)34(47)41(33(23)46)28-9-10-29(42)36-31(28)44/h1-8,15-16,28H,9-14,17-18H2,(H,38,43)(H,36,42,44). The van der Waals surface area contributed by atoms with E-state index in [-0.39, 0.29) is 35.1 Å². The van der Waals surface area contributed by atoms with Crippen LogP contribution in [0.2, 0.25) is 0 Å². The molecular weight excluding hydrogens is 607 g/mol. The number of aromatic nitrogens is 2. The third-order valence-electron chi connectivity index (χ3n) is 8.98. The average molecular weight is 637 g/mol. The summed E-state index contributed by atoms with van der Waals surface area (Å²) in [6.45, 7) is 2.19. The van der Waals surface area contributed by atoms with Crippen LogP contribution in [-0.4, -0.2) is 86.7 Å². The number of aromatic amines is 1. The molecule has 1 aromatic heterocycles. The molecule has 47 heavy (non-hydrogen) atoms. The average Bonchev–Trinajstić information content (AvgIpc) is 3.31. The maximum Gasteiger partial charge on any atom is 0.272 e. The van der Waals surface area contributed by atoms with E-state index >= 15 is 0 Å². The van der Waals surface area contributed by atoms with Gasteiger partial charge in [0.1, 0.15) is 11.9 Å². The summed E-state index contributed by atoms with van der Waals surface area (Å²) in [6.07, 6.45) is 0.433. The molecule has 4 aromatic rings. The number of piperidine rings is 1. The molecule has 2 N–H and O–H groups in total. The van der Waals surface area contributed by atoms with Gasteiger partial charge in [0.2, 0.25) is 11.8 Å². The first-order valence-corrected chi connectivity index (χ1v) is 15.3. The van der Waals surface area contributed by atoms with Gasteiger partial charge in [0.05, 0.1) is 27.8 Å². The number of benzene rings is 3. The zero-order chi connectivity index (χ0) is 32.8. The fourth-order valence-corrected chi connectivity index (χ4v) is 6.50. The second kappa shape index (κ2) is 12.0. The predicted molar refractivity (Wildman–Crippen MR) is 166 cm³/mol. The van der Waals surface area contributed by atoms with Gasteiger partial charge >= 0.3 is 0 Å². The summed E-state index contributed by atoms with van der Waals surface area (Å²) in [7, 11) is 0. The largest absolute Gasteiger partial charge is 0.336 e.